The number of hydrogen-bond donors (Lipinski definition) is 7. The van der Waals surface area contributed by atoms with Crippen molar-refractivity contribution in [1.29, 1.82) is 0 Å². The summed E-state index contributed by atoms with van der Waals surface area (Å²) in [5.41, 5.74) is 10.6. The van der Waals surface area contributed by atoms with Crippen molar-refractivity contribution < 1.29 is 34.2 Å². The predicted molar refractivity (Wildman–Crippen MR) is 97.4 cm³/mol. The van der Waals surface area contributed by atoms with Crippen molar-refractivity contribution in [2.45, 2.75) is 57.8 Å². The van der Waals surface area contributed by atoms with Gasteiger partial charge in [0, 0.05) is 0 Å². The molecule has 0 heterocycles. The molecule has 0 aliphatic rings. The van der Waals surface area contributed by atoms with Crippen LogP contribution in [0.2, 0.25) is 0 Å². The molecule has 0 saturated carbocycles. The molecule has 4 unspecified atom stereocenters. The summed E-state index contributed by atoms with van der Waals surface area (Å²) in [6, 6.07) is -3.77. The van der Waals surface area contributed by atoms with Gasteiger partial charge in [0.25, 0.3) is 0 Å². The molecule has 0 radical (unpaired) electrons. The van der Waals surface area contributed by atoms with Gasteiger partial charge in [-0.05, 0) is 19.3 Å². The predicted octanol–water partition coefficient (Wildman–Crippen LogP) is -3.21. The number of carboxylic acids is 1. The summed E-state index contributed by atoms with van der Waals surface area (Å²) in [6.45, 7) is 4.19. The summed E-state index contributed by atoms with van der Waals surface area (Å²) in [5, 5.41) is 24.8. The highest BCUT2D eigenvalue weighted by Crippen LogP contribution is 2.07. The molecule has 0 rings (SSSR count). The van der Waals surface area contributed by atoms with E-state index in [0.29, 0.717) is 0 Å². The fourth-order valence-corrected chi connectivity index (χ4v) is 2.16. The highest BCUT2D eigenvalue weighted by atomic mass is 16.4. The van der Waals surface area contributed by atoms with Crippen molar-refractivity contribution in [1.82, 2.24) is 16.0 Å². The average Bonchev–Trinajstić information content (AvgIpc) is 2.56. The fourth-order valence-electron chi connectivity index (χ4n) is 2.16. The minimum atomic E-state index is -1.42. The molecule has 9 N–H and O–H groups in total. The Labute approximate surface area is 162 Å². The van der Waals surface area contributed by atoms with Crippen LogP contribution in [0.3, 0.4) is 0 Å². The second kappa shape index (κ2) is 11.9. The summed E-state index contributed by atoms with van der Waals surface area (Å²) < 4.78 is 0. The van der Waals surface area contributed by atoms with E-state index in [0.717, 1.165) is 0 Å². The van der Waals surface area contributed by atoms with Crippen LogP contribution in [0, 0.1) is 5.92 Å². The maximum absolute atomic E-state index is 12.6. The second-order valence-electron chi connectivity index (χ2n) is 6.80. The lowest BCUT2D eigenvalue weighted by Gasteiger charge is -2.25. The van der Waals surface area contributed by atoms with Gasteiger partial charge in [0.05, 0.1) is 12.5 Å². The van der Waals surface area contributed by atoms with Crippen molar-refractivity contribution in [2.75, 3.05) is 6.54 Å². The van der Waals surface area contributed by atoms with E-state index in [2.05, 4.69) is 10.6 Å². The second-order valence-corrected chi connectivity index (χ2v) is 6.80. The molecule has 0 aliphatic heterocycles. The van der Waals surface area contributed by atoms with Crippen LogP contribution >= 0.6 is 0 Å². The Hall–Kier alpha value is -2.73. The number of amides is 4. The molecule has 4 atom stereocenters. The third kappa shape index (κ3) is 9.83. The van der Waals surface area contributed by atoms with Crippen LogP contribution in [-0.4, -0.2) is 70.6 Å². The van der Waals surface area contributed by atoms with Crippen LogP contribution in [0.1, 0.15) is 33.6 Å². The number of rotatable bonds is 12. The minimum Gasteiger partial charge on any atom is -0.480 e. The van der Waals surface area contributed by atoms with E-state index in [1.165, 1.54) is 6.92 Å². The molecular formula is C16H29N5O7. The van der Waals surface area contributed by atoms with Gasteiger partial charge in [-0.3, -0.25) is 24.0 Å². The van der Waals surface area contributed by atoms with E-state index in [4.69, 9.17) is 16.6 Å². The van der Waals surface area contributed by atoms with Crippen molar-refractivity contribution >= 4 is 29.6 Å². The lowest BCUT2D eigenvalue weighted by Crippen LogP contribution is -2.58. The number of carbonyl (C=O) groups is 5. The molecule has 0 aromatic carbocycles. The number of nitrogens with one attached hydrogen (secondary N) is 3. The highest BCUT2D eigenvalue weighted by Gasteiger charge is 2.30. The van der Waals surface area contributed by atoms with Gasteiger partial charge >= 0.3 is 5.97 Å². The molecule has 0 fully saturated rings. The maximum Gasteiger partial charge on any atom is 0.322 e. The zero-order valence-corrected chi connectivity index (χ0v) is 16.1. The van der Waals surface area contributed by atoms with Gasteiger partial charge in [-0.1, -0.05) is 13.8 Å². The molecule has 160 valence electrons. The Morgan fingerprint density at radius 1 is 0.929 bits per heavy atom. The number of aliphatic carboxylic acids is 1. The first-order valence-corrected chi connectivity index (χ1v) is 8.67. The number of carboxylic acid groups (broad SMARTS) is 1. The van der Waals surface area contributed by atoms with Gasteiger partial charge in [0.15, 0.2) is 0 Å². The van der Waals surface area contributed by atoms with Crippen LogP contribution in [0.5, 0.6) is 0 Å². The monoisotopic (exact) mass is 403 g/mol. The summed E-state index contributed by atoms with van der Waals surface area (Å²) >= 11 is 0. The molecule has 0 aromatic heterocycles. The lowest BCUT2D eigenvalue weighted by atomic mass is 10.0. The van der Waals surface area contributed by atoms with Crippen molar-refractivity contribution in [3.8, 4) is 0 Å². The van der Waals surface area contributed by atoms with Gasteiger partial charge in [0.1, 0.15) is 24.7 Å². The first-order valence-electron chi connectivity index (χ1n) is 8.67. The van der Waals surface area contributed by atoms with Crippen LogP contribution < -0.4 is 27.4 Å². The van der Waals surface area contributed by atoms with Crippen molar-refractivity contribution in [3.05, 3.63) is 0 Å². The normalized spacial score (nSPS) is 15.1. The molecule has 4 amide bonds. The lowest BCUT2D eigenvalue weighted by molar-refractivity contribution is -0.139. The summed E-state index contributed by atoms with van der Waals surface area (Å²) in [7, 11) is 0. The van der Waals surface area contributed by atoms with Gasteiger partial charge < -0.3 is 37.6 Å². The number of primary amides is 1. The largest absolute Gasteiger partial charge is 0.480 e. The Morgan fingerprint density at radius 3 is 1.89 bits per heavy atom. The van der Waals surface area contributed by atoms with E-state index < -0.39 is 66.8 Å². The van der Waals surface area contributed by atoms with Crippen LogP contribution in [0.4, 0.5) is 0 Å². The van der Waals surface area contributed by atoms with E-state index in [9.17, 15) is 29.1 Å². The average molecular weight is 403 g/mol. The Kier molecular flexibility index (Phi) is 10.7. The van der Waals surface area contributed by atoms with E-state index in [-0.39, 0.29) is 12.3 Å². The van der Waals surface area contributed by atoms with Gasteiger partial charge in [0.2, 0.25) is 23.6 Å². The molecule has 0 spiro atoms. The SMILES string of the molecule is CC(C)CC(NC(=O)C(N)C(C)O)C(=O)NC(CC(N)=O)C(=O)NCC(=O)O. The molecule has 28 heavy (non-hydrogen) atoms. The molecule has 12 nitrogen and oxygen atoms in total. The Morgan fingerprint density at radius 2 is 1.46 bits per heavy atom. The standard InChI is InChI=1S/C16H29N5O7/c1-7(2)4-9(21-16(28)13(18)8(3)22)15(27)20-10(5-11(17)23)14(26)19-6-12(24)25/h7-10,13,22H,4-6,18H2,1-3H3,(H2,17,23)(H,19,26)(H,20,27)(H,21,28)(H,24,25). The number of aliphatic hydroxyl groups is 1. The summed E-state index contributed by atoms with van der Waals surface area (Å²) in [6.07, 6.45) is -1.52. The van der Waals surface area contributed by atoms with Crippen molar-refractivity contribution in [3.63, 3.8) is 0 Å². The third-order valence-corrected chi connectivity index (χ3v) is 3.61. The fraction of sp³-hybridized carbons (Fsp3) is 0.688. The number of aliphatic hydroxyl groups excluding tert-OH is 1. The van der Waals surface area contributed by atoms with Crippen LogP contribution in [-0.2, 0) is 24.0 Å². The molecule has 0 bridgehead atoms. The number of nitrogens with two attached hydrogens (primary N) is 2. The zero-order valence-electron chi connectivity index (χ0n) is 16.1. The first kappa shape index (κ1) is 25.3. The quantitative estimate of drug-likeness (QED) is 0.175. The van der Waals surface area contributed by atoms with E-state index in [1.807, 2.05) is 5.32 Å². The van der Waals surface area contributed by atoms with Gasteiger partial charge in [-0.15, -0.1) is 0 Å². The molecule has 12 heteroatoms. The molecular weight excluding hydrogens is 374 g/mol. The molecule has 0 saturated heterocycles. The molecule has 0 aliphatic carbocycles. The summed E-state index contributed by atoms with van der Waals surface area (Å²) in [4.78, 5) is 58.4. The maximum atomic E-state index is 12.6. The third-order valence-electron chi connectivity index (χ3n) is 3.61. The summed E-state index contributed by atoms with van der Waals surface area (Å²) in [5.74, 6) is -4.70. The van der Waals surface area contributed by atoms with Crippen molar-refractivity contribution in [2.24, 2.45) is 17.4 Å². The Bertz CT molecular complexity index is 594. The highest BCUT2D eigenvalue weighted by molar-refractivity contribution is 5.95. The van der Waals surface area contributed by atoms with E-state index in [1.54, 1.807) is 13.8 Å². The van der Waals surface area contributed by atoms with Crippen LogP contribution in [0.25, 0.3) is 0 Å². The Balaban J connectivity index is 5.28. The first-order chi connectivity index (χ1) is 12.8. The number of carbonyl (C=O) groups excluding carboxylic acids is 4. The molecule has 0 aromatic rings. The van der Waals surface area contributed by atoms with Gasteiger partial charge in [-0.25, -0.2) is 0 Å². The zero-order chi connectivity index (χ0) is 22.0. The minimum absolute atomic E-state index is 0.0331. The van der Waals surface area contributed by atoms with E-state index >= 15 is 0 Å². The van der Waals surface area contributed by atoms with Gasteiger partial charge in [-0.2, -0.15) is 0 Å². The smallest absolute Gasteiger partial charge is 0.322 e. The van der Waals surface area contributed by atoms with Crippen LogP contribution in [0.15, 0.2) is 0 Å². The number of hydrogen-bond acceptors (Lipinski definition) is 7. The topological polar surface area (TPSA) is 214 Å².